The van der Waals surface area contributed by atoms with E-state index in [1.54, 1.807) is 0 Å². The molecule has 4 heteroatoms. The number of rotatable bonds is 3. The Bertz CT molecular complexity index is 265. The van der Waals surface area contributed by atoms with Crippen molar-refractivity contribution in [1.82, 2.24) is 0 Å². The molecule has 0 aromatic heterocycles. The smallest absolute Gasteiger partial charge is 0.188 e. The molecule has 0 aliphatic heterocycles. The molecule has 0 bridgehead atoms. The maximum absolute atomic E-state index is 12.6. The Morgan fingerprint density at radius 2 is 2.25 bits per heavy atom. The van der Waals surface area contributed by atoms with Crippen LogP contribution in [0.3, 0.4) is 0 Å². The summed E-state index contributed by atoms with van der Waals surface area (Å²) in [5, 5.41) is 0. The summed E-state index contributed by atoms with van der Waals surface area (Å²) in [5.41, 5.74) is 5.88. The first kappa shape index (κ1) is 8.80. The molecule has 2 N–H and O–H groups in total. The van der Waals surface area contributed by atoms with Crippen molar-refractivity contribution in [2.24, 2.45) is 0 Å². The van der Waals surface area contributed by atoms with E-state index in [2.05, 4.69) is 4.74 Å². The first-order valence-corrected chi connectivity index (χ1v) is 3.41. The second-order valence-corrected chi connectivity index (χ2v) is 2.23. The van der Waals surface area contributed by atoms with Crippen LogP contribution in [-0.2, 0) is 4.74 Å². The Hall–Kier alpha value is -1.29. The zero-order valence-corrected chi connectivity index (χ0v) is 6.71. The molecule has 66 valence electrons. The number of hydrogen-bond acceptors (Lipinski definition) is 3. The van der Waals surface area contributed by atoms with Gasteiger partial charge in [0, 0.05) is 13.2 Å². The largest absolute Gasteiger partial charge is 0.465 e. The number of methoxy groups -OCH3 is 1. The summed E-state index contributed by atoms with van der Waals surface area (Å²) in [4.78, 5) is 0. The average Bonchev–Trinajstić information content (AvgIpc) is 2.07. The van der Waals surface area contributed by atoms with Crippen molar-refractivity contribution in [2.75, 3.05) is 19.6 Å². The Kier molecular flexibility index (Phi) is 2.88. The first-order valence-electron chi connectivity index (χ1n) is 3.41. The lowest BCUT2D eigenvalue weighted by molar-refractivity contribution is 0.0514. The maximum atomic E-state index is 12.6. The van der Waals surface area contributed by atoms with E-state index in [-0.39, 0.29) is 12.6 Å². The van der Waals surface area contributed by atoms with Crippen LogP contribution in [0.4, 0.5) is 10.1 Å². The number of nitrogen functional groups attached to an aromatic ring is 1. The summed E-state index contributed by atoms with van der Waals surface area (Å²) in [6, 6.07) is 3.93. The van der Waals surface area contributed by atoms with Crippen LogP contribution in [0.25, 0.3) is 0 Å². The Morgan fingerprint density at radius 3 is 2.92 bits per heavy atom. The number of hydrogen-bond donors (Lipinski definition) is 1. The number of anilines is 1. The molecule has 1 aromatic rings. The monoisotopic (exact) mass is 171 g/mol. The zero-order chi connectivity index (χ0) is 8.97. The van der Waals surface area contributed by atoms with Gasteiger partial charge in [0.1, 0.15) is 11.6 Å². The predicted molar refractivity (Wildman–Crippen MR) is 43.3 cm³/mol. The molecule has 0 aliphatic rings. The Morgan fingerprint density at radius 1 is 1.50 bits per heavy atom. The summed E-state index contributed by atoms with van der Waals surface area (Å²) in [6.45, 7) is 0.0631. The molecular formula is C8H10FNO2. The second-order valence-electron chi connectivity index (χ2n) is 2.23. The van der Waals surface area contributed by atoms with Gasteiger partial charge in [-0.25, -0.2) is 4.39 Å². The van der Waals surface area contributed by atoms with Crippen molar-refractivity contribution in [3.63, 3.8) is 0 Å². The molecule has 0 heterocycles. The normalized spacial score (nSPS) is 9.83. The van der Waals surface area contributed by atoms with Gasteiger partial charge in [0.05, 0.1) is 5.69 Å². The maximum Gasteiger partial charge on any atom is 0.188 e. The molecule has 1 aromatic carbocycles. The molecule has 3 nitrogen and oxygen atoms in total. The van der Waals surface area contributed by atoms with Crippen LogP contribution < -0.4 is 10.5 Å². The van der Waals surface area contributed by atoms with E-state index in [0.29, 0.717) is 11.4 Å². The lowest BCUT2D eigenvalue weighted by Gasteiger charge is -2.06. The molecule has 0 fully saturated rings. The number of halogens is 1. The van der Waals surface area contributed by atoms with Crippen LogP contribution in [0, 0.1) is 5.82 Å². The first-order chi connectivity index (χ1) is 5.74. The highest BCUT2D eigenvalue weighted by atomic mass is 19.1. The van der Waals surface area contributed by atoms with Crippen LogP contribution in [0.1, 0.15) is 0 Å². The van der Waals surface area contributed by atoms with Crippen molar-refractivity contribution in [3.8, 4) is 5.75 Å². The van der Waals surface area contributed by atoms with Gasteiger partial charge in [0.15, 0.2) is 6.79 Å². The number of nitrogens with two attached hydrogens (primary N) is 1. The van der Waals surface area contributed by atoms with Crippen LogP contribution in [0.15, 0.2) is 18.2 Å². The van der Waals surface area contributed by atoms with Gasteiger partial charge in [-0.3, -0.25) is 0 Å². The van der Waals surface area contributed by atoms with Gasteiger partial charge in [-0.15, -0.1) is 0 Å². The third-order valence-corrected chi connectivity index (χ3v) is 1.31. The van der Waals surface area contributed by atoms with E-state index in [1.165, 1.54) is 25.3 Å². The average molecular weight is 171 g/mol. The molecule has 0 radical (unpaired) electrons. The van der Waals surface area contributed by atoms with Crippen molar-refractivity contribution in [2.45, 2.75) is 0 Å². The quantitative estimate of drug-likeness (QED) is 0.552. The minimum absolute atomic E-state index is 0.0631. The van der Waals surface area contributed by atoms with E-state index in [0.717, 1.165) is 0 Å². The summed E-state index contributed by atoms with van der Waals surface area (Å²) < 4.78 is 22.2. The van der Waals surface area contributed by atoms with Gasteiger partial charge < -0.3 is 15.2 Å². The van der Waals surface area contributed by atoms with E-state index in [1.807, 2.05) is 0 Å². The minimum atomic E-state index is -0.379. The highest BCUT2D eigenvalue weighted by molar-refractivity contribution is 5.52. The molecule has 0 aliphatic carbocycles. The van der Waals surface area contributed by atoms with Gasteiger partial charge in [0.25, 0.3) is 0 Å². The molecule has 12 heavy (non-hydrogen) atoms. The summed E-state index contributed by atoms with van der Waals surface area (Å²) >= 11 is 0. The van der Waals surface area contributed by atoms with Crippen molar-refractivity contribution in [3.05, 3.63) is 24.0 Å². The molecule has 0 spiro atoms. The molecule has 0 atom stereocenters. The number of ether oxygens (including phenoxy) is 2. The van der Waals surface area contributed by atoms with Gasteiger partial charge in [-0.2, -0.15) is 0 Å². The fraction of sp³-hybridized carbons (Fsp3) is 0.250. The highest BCUT2D eigenvalue weighted by Crippen LogP contribution is 2.21. The lowest BCUT2D eigenvalue weighted by atomic mass is 10.3. The van der Waals surface area contributed by atoms with Gasteiger partial charge in [-0.1, -0.05) is 0 Å². The molecular weight excluding hydrogens is 161 g/mol. The zero-order valence-electron chi connectivity index (χ0n) is 6.71. The summed E-state index contributed by atoms with van der Waals surface area (Å²) in [6.07, 6.45) is 0. The van der Waals surface area contributed by atoms with E-state index in [4.69, 9.17) is 10.5 Å². The third-order valence-electron chi connectivity index (χ3n) is 1.31. The predicted octanol–water partition coefficient (Wildman–Crippen LogP) is 1.39. The number of benzene rings is 1. The Labute approximate surface area is 69.9 Å². The summed E-state index contributed by atoms with van der Waals surface area (Å²) in [7, 11) is 1.48. The fourth-order valence-electron chi connectivity index (χ4n) is 0.756. The molecule has 0 unspecified atom stereocenters. The molecule has 0 saturated heterocycles. The highest BCUT2D eigenvalue weighted by Gasteiger charge is 2.00. The fourth-order valence-corrected chi connectivity index (χ4v) is 0.756. The molecule has 0 amide bonds. The van der Waals surface area contributed by atoms with Crippen molar-refractivity contribution in [1.29, 1.82) is 0 Å². The van der Waals surface area contributed by atoms with Crippen LogP contribution in [-0.4, -0.2) is 13.9 Å². The van der Waals surface area contributed by atoms with Gasteiger partial charge in [0.2, 0.25) is 0 Å². The van der Waals surface area contributed by atoms with E-state index >= 15 is 0 Å². The van der Waals surface area contributed by atoms with E-state index < -0.39 is 0 Å². The van der Waals surface area contributed by atoms with Gasteiger partial charge >= 0.3 is 0 Å². The second kappa shape index (κ2) is 3.92. The van der Waals surface area contributed by atoms with Crippen molar-refractivity contribution < 1.29 is 13.9 Å². The molecule has 1 rings (SSSR count). The lowest BCUT2D eigenvalue weighted by Crippen LogP contribution is -2.01. The molecule has 0 saturated carbocycles. The van der Waals surface area contributed by atoms with Crippen LogP contribution in [0.2, 0.25) is 0 Å². The van der Waals surface area contributed by atoms with Crippen molar-refractivity contribution >= 4 is 5.69 Å². The standard InChI is InChI=1S/C8H10FNO2/c1-11-5-12-8-4-6(9)2-3-7(8)10/h2-4H,5,10H2,1H3. The third kappa shape index (κ3) is 2.10. The SMILES string of the molecule is COCOc1cc(F)ccc1N. The van der Waals surface area contributed by atoms with Gasteiger partial charge in [-0.05, 0) is 12.1 Å². The Balaban J connectivity index is 2.75. The van der Waals surface area contributed by atoms with Crippen LogP contribution in [0.5, 0.6) is 5.75 Å². The van der Waals surface area contributed by atoms with Crippen LogP contribution >= 0.6 is 0 Å². The summed E-state index contributed by atoms with van der Waals surface area (Å²) in [5.74, 6) is -0.0767. The topological polar surface area (TPSA) is 44.5 Å². The van der Waals surface area contributed by atoms with E-state index in [9.17, 15) is 4.39 Å². The minimum Gasteiger partial charge on any atom is -0.465 e.